The zero-order chi connectivity index (χ0) is 23.1. The van der Waals surface area contributed by atoms with Gasteiger partial charge in [-0.15, -0.1) is 0 Å². The van der Waals surface area contributed by atoms with Crippen molar-refractivity contribution in [2.45, 2.75) is 13.8 Å². The summed E-state index contributed by atoms with van der Waals surface area (Å²) in [4.78, 5) is 25.2. The normalized spacial score (nSPS) is 10.9. The number of nitriles is 1. The minimum atomic E-state index is -0.712. The third-order valence-electron chi connectivity index (χ3n) is 4.64. The molecule has 0 saturated carbocycles. The Bertz CT molecular complexity index is 1190. The Hall–Kier alpha value is -4.31. The van der Waals surface area contributed by atoms with E-state index in [1.165, 1.54) is 14.0 Å². The smallest absolute Gasteiger partial charge is 0.342 e. The van der Waals surface area contributed by atoms with Gasteiger partial charge in [-0.05, 0) is 43.2 Å². The van der Waals surface area contributed by atoms with Crippen LogP contribution in [0.1, 0.15) is 39.7 Å². The highest BCUT2D eigenvalue weighted by Crippen LogP contribution is 2.29. The van der Waals surface area contributed by atoms with Crippen molar-refractivity contribution >= 4 is 29.4 Å². The average Bonchev–Trinajstić information content (AvgIpc) is 3.13. The van der Waals surface area contributed by atoms with E-state index in [9.17, 15) is 14.9 Å². The number of carbonyl (C=O) groups excluding carboxylic acids is 2. The van der Waals surface area contributed by atoms with E-state index in [0.717, 1.165) is 11.3 Å². The fourth-order valence-corrected chi connectivity index (χ4v) is 3.15. The highest BCUT2D eigenvalue weighted by molar-refractivity contribution is 6.29. The molecule has 7 heteroatoms. The van der Waals surface area contributed by atoms with Crippen LogP contribution in [-0.4, -0.2) is 25.6 Å². The largest absolute Gasteiger partial charge is 0.494 e. The second kappa shape index (κ2) is 10.1. The Morgan fingerprint density at radius 2 is 1.81 bits per heavy atom. The van der Waals surface area contributed by atoms with Gasteiger partial charge in [0.05, 0.1) is 13.7 Å². The van der Waals surface area contributed by atoms with E-state index in [1.54, 1.807) is 18.2 Å². The van der Waals surface area contributed by atoms with Gasteiger partial charge in [0.1, 0.15) is 28.7 Å². The molecule has 3 rings (SSSR count). The lowest BCUT2D eigenvalue weighted by atomic mass is 10.0. The number of nitrogens with zero attached hydrogens (tertiary/aromatic N) is 1. The quantitative estimate of drug-likeness (QED) is 0.327. The van der Waals surface area contributed by atoms with E-state index < -0.39 is 11.9 Å². The number of furan rings is 1. The lowest BCUT2D eigenvalue weighted by molar-refractivity contribution is -0.111. The fourth-order valence-electron chi connectivity index (χ4n) is 3.15. The van der Waals surface area contributed by atoms with Crippen molar-refractivity contribution in [2.75, 3.05) is 19.0 Å². The van der Waals surface area contributed by atoms with Gasteiger partial charge in [0.25, 0.3) is 5.91 Å². The van der Waals surface area contributed by atoms with E-state index in [-0.39, 0.29) is 22.8 Å². The maximum Gasteiger partial charge on any atom is 0.342 e. The van der Waals surface area contributed by atoms with Gasteiger partial charge in [0, 0.05) is 5.57 Å². The van der Waals surface area contributed by atoms with Crippen molar-refractivity contribution < 1.29 is 23.5 Å². The second-order valence-corrected chi connectivity index (χ2v) is 6.72. The molecule has 0 atom stereocenters. The predicted molar refractivity (Wildman–Crippen MR) is 120 cm³/mol. The summed E-state index contributed by atoms with van der Waals surface area (Å²) in [5.41, 5.74) is 1.72. The molecule has 3 aromatic rings. The highest BCUT2D eigenvalue weighted by Gasteiger charge is 2.26. The second-order valence-electron chi connectivity index (χ2n) is 6.72. The number of aryl methyl sites for hydroxylation is 1. The number of anilines is 1. The molecule has 0 aliphatic heterocycles. The summed E-state index contributed by atoms with van der Waals surface area (Å²) in [5.74, 6) is -0.400. The minimum Gasteiger partial charge on any atom is -0.494 e. The van der Waals surface area contributed by atoms with Crippen LogP contribution >= 0.6 is 0 Å². The van der Waals surface area contributed by atoms with Crippen molar-refractivity contribution in [1.82, 2.24) is 0 Å². The molecule has 2 aromatic carbocycles. The van der Waals surface area contributed by atoms with E-state index in [2.05, 4.69) is 5.32 Å². The fraction of sp³-hybridized carbons (Fsp3) is 0.160. The summed E-state index contributed by atoms with van der Waals surface area (Å²) in [5, 5.41) is 12.2. The number of methoxy groups -OCH3 is 1. The van der Waals surface area contributed by atoms with Crippen molar-refractivity contribution in [3.05, 3.63) is 82.6 Å². The van der Waals surface area contributed by atoms with Gasteiger partial charge in [-0.3, -0.25) is 10.1 Å². The standard InChI is InChI=1S/C25H22N2O5/c1-4-31-19-12-10-17(11-13-19)14-20(18-8-6-5-7-9-18)23(28)27-24-21(15-26)22(16(2)32-24)25(29)30-3/h5-14H,4H2,1-3H3,(H,27,28)/b20-14+. The number of benzene rings is 2. The Morgan fingerprint density at radius 3 is 2.41 bits per heavy atom. The van der Waals surface area contributed by atoms with Crippen molar-refractivity contribution in [1.29, 1.82) is 5.26 Å². The monoisotopic (exact) mass is 430 g/mol. The first-order valence-electron chi connectivity index (χ1n) is 9.91. The molecule has 0 bridgehead atoms. The van der Waals surface area contributed by atoms with Crippen LogP contribution in [-0.2, 0) is 9.53 Å². The molecule has 0 aliphatic rings. The molecule has 1 N–H and O–H groups in total. The summed E-state index contributed by atoms with van der Waals surface area (Å²) in [7, 11) is 1.21. The van der Waals surface area contributed by atoms with E-state index in [4.69, 9.17) is 13.9 Å². The molecule has 1 aromatic heterocycles. The highest BCUT2D eigenvalue weighted by atomic mass is 16.5. The Kier molecular flexibility index (Phi) is 7.09. The zero-order valence-corrected chi connectivity index (χ0v) is 18.0. The third kappa shape index (κ3) is 4.87. The zero-order valence-electron chi connectivity index (χ0n) is 18.0. The van der Waals surface area contributed by atoms with Crippen LogP contribution in [0.5, 0.6) is 5.75 Å². The lowest BCUT2D eigenvalue weighted by Crippen LogP contribution is -2.14. The number of nitrogens with one attached hydrogen (secondary N) is 1. The molecule has 0 spiro atoms. The first-order valence-corrected chi connectivity index (χ1v) is 9.91. The average molecular weight is 430 g/mol. The van der Waals surface area contributed by atoms with Crippen LogP contribution < -0.4 is 10.1 Å². The number of esters is 1. The van der Waals surface area contributed by atoms with Crippen LogP contribution in [0, 0.1) is 18.3 Å². The van der Waals surface area contributed by atoms with Gasteiger partial charge in [-0.25, -0.2) is 4.79 Å². The first-order chi connectivity index (χ1) is 15.5. The number of amides is 1. The molecule has 0 unspecified atom stereocenters. The molecule has 162 valence electrons. The minimum absolute atomic E-state index is 0.0120. The van der Waals surface area contributed by atoms with Gasteiger partial charge in [-0.2, -0.15) is 5.26 Å². The molecule has 0 saturated heterocycles. The summed E-state index contributed by atoms with van der Waals surface area (Å²) < 4.78 is 15.7. The van der Waals surface area contributed by atoms with Crippen LogP contribution in [0.25, 0.3) is 11.6 Å². The first kappa shape index (κ1) is 22.4. The maximum absolute atomic E-state index is 13.2. The van der Waals surface area contributed by atoms with E-state index in [0.29, 0.717) is 17.7 Å². The Morgan fingerprint density at radius 1 is 1.12 bits per heavy atom. The molecular weight excluding hydrogens is 408 g/mol. The molecule has 1 heterocycles. The van der Waals surface area contributed by atoms with Crippen LogP contribution in [0.4, 0.5) is 5.88 Å². The lowest BCUT2D eigenvalue weighted by Gasteiger charge is -2.09. The van der Waals surface area contributed by atoms with Crippen LogP contribution in [0.2, 0.25) is 0 Å². The number of hydrogen-bond acceptors (Lipinski definition) is 6. The molecule has 0 radical (unpaired) electrons. The maximum atomic E-state index is 13.2. The van der Waals surface area contributed by atoms with Crippen LogP contribution in [0.3, 0.4) is 0 Å². The molecule has 0 aliphatic carbocycles. The van der Waals surface area contributed by atoms with E-state index >= 15 is 0 Å². The van der Waals surface area contributed by atoms with Crippen LogP contribution in [0.15, 0.2) is 59.0 Å². The topological polar surface area (TPSA) is 102 Å². The number of hydrogen-bond donors (Lipinski definition) is 1. The van der Waals surface area contributed by atoms with E-state index in [1.807, 2.05) is 55.5 Å². The molecule has 0 fully saturated rings. The third-order valence-corrected chi connectivity index (χ3v) is 4.64. The molecule has 1 amide bonds. The van der Waals surface area contributed by atoms with Crippen molar-refractivity contribution in [3.8, 4) is 11.8 Å². The van der Waals surface area contributed by atoms with Crippen molar-refractivity contribution in [2.24, 2.45) is 0 Å². The number of carbonyl (C=O) groups is 2. The summed E-state index contributed by atoms with van der Waals surface area (Å²) >= 11 is 0. The van der Waals surface area contributed by atoms with Gasteiger partial charge in [0.15, 0.2) is 0 Å². The summed E-state index contributed by atoms with van der Waals surface area (Å²) in [6.45, 7) is 3.99. The molecular formula is C25H22N2O5. The number of rotatable bonds is 7. The Balaban J connectivity index is 1.99. The van der Waals surface area contributed by atoms with Gasteiger partial charge >= 0.3 is 5.97 Å². The Labute approximate surface area is 185 Å². The SMILES string of the molecule is CCOc1ccc(/C=C(/C(=O)Nc2oc(C)c(C(=O)OC)c2C#N)c2ccccc2)cc1. The van der Waals surface area contributed by atoms with Gasteiger partial charge < -0.3 is 13.9 Å². The summed E-state index contributed by atoms with van der Waals surface area (Å²) in [6, 6.07) is 18.3. The van der Waals surface area contributed by atoms with Crippen molar-refractivity contribution in [3.63, 3.8) is 0 Å². The molecule has 7 nitrogen and oxygen atoms in total. The number of ether oxygens (including phenoxy) is 2. The van der Waals surface area contributed by atoms with Gasteiger partial charge in [-0.1, -0.05) is 42.5 Å². The predicted octanol–water partition coefficient (Wildman–Crippen LogP) is 4.82. The van der Waals surface area contributed by atoms with Gasteiger partial charge in [0.2, 0.25) is 5.88 Å². The molecule has 32 heavy (non-hydrogen) atoms. The summed E-state index contributed by atoms with van der Waals surface area (Å²) in [6.07, 6.45) is 1.73.